The Balaban J connectivity index is 2.02. The summed E-state index contributed by atoms with van der Waals surface area (Å²) in [6, 6.07) is 1.45. The predicted octanol–water partition coefficient (Wildman–Crippen LogP) is 1.76. The molecule has 96 valence electrons. The van der Waals surface area contributed by atoms with Crippen molar-refractivity contribution in [1.29, 1.82) is 0 Å². The zero-order chi connectivity index (χ0) is 13.1. The van der Waals surface area contributed by atoms with Gasteiger partial charge >= 0.3 is 0 Å². The van der Waals surface area contributed by atoms with E-state index in [0.717, 1.165) is 17.9 Å². The van der Waals surface area contributed by atoms with E-state index in [4.69, 9.17) is 4.42 Å². The summed E-state index contributed by atoms with van der Waals surface area (Å²) in [4.78, 5) is 16.0. The standard InChI is InChI=1S/C12H16N4O2/c1-4-9-5-10(16-15-9)11(17)14-8(3)12-13-6-7(2)18-12/h5-6,8H,4H2,1-3H3,(H,14,17)(H,15,16)/t8-/m0/s1. The minimum absolute atomic E-state index is 0.241. The minimum atomic E-state index is -0.284. The summed E-state index contributed by atoms with van der Waals surface area (Å²) in [5, 5.41) is 9.54. The van der Waals surface area contributed by atoms with E-state index in [1.165, 1.54) is 0 Å². The number of aromatic nitrogens is 3. The van der Waals surface area contributed by atoms with Crippen LogP contribution < -0.4 is 5.32 Å². The van der Waals surface area contributed by atoms with Crippen molar-refractivity contribution in [3.8, 4) is 0 Å². The summed E-state index contributed by atoms with van der Waals surface area (Å²) in [7, 11) is 0. The molecule has 0 saturated heterocycles. The van der Waals surface area contributed by atoms with Gasteiger partial charge in [-0.15, -0.1) is 0 Å². The first-order valence-electron chi connectivity index (χ1n) is 5.87. The number of carbonyl (C=O) groups is 1. The number of carbonyl (C=O) groups excluding carboxylic acids is 1. The van der Waals surface area contributed by atoms with E-state index in [0.29, 0.717) is 11.6 Å². The summed E-state index contributed by atoms with van der Waals surface area (Å²) in [5.41, 5.74) is 1.31. The maximum atomic E-state index is 11.9. The number of oxazole rings is 1. The molecular formula is C12H16N4O2. The fourth-order valence-corrected chi connectivity index (χ4v) is 1.56. The van der Waals surface area contributed by atoms with Gasteiger partial charge in [-0.3, -0.25) is 9.89 Å². The highest BCUT2D eigenvalue weighted by Gasteiger charge is 2.17. The number of nitrogens with zero attached hydrogens (tertiary/aromatic N) is 2. The van der Waals surface area contributed by atoms with Gasteiger partial charge in [0, 0.05) is 5.69 Å². The number of hydrogen-bond donors (Lipinski definition) is 2. The lowest BCUT2D eigenvalue weighted by Crippen LogP contribution is -2.27. The van der Waals surface area contributed by atoms with Crippen molar-refractivity contribution in [2.24, 2.45) is 0 Å². The van der Waals surface area contributed by atoms with Crippen molar-refractivity contribution in [3.05, 3.63) is 35.3 Å². The van der Waals surface area contributed by atoms with Crippen LogP contribution in [0.25, 0.3) is 0 Å². The molecule has 2 heterocycles. The average molecular weight is 248 g/mol. The van der Waals surface area contributed by atoms with Gasteiger partial charge in [-0.1, -0.05) is 6.92 Å². The number of amides is 1. The molecule has 0 aliphatic rings. The van der Waals surface area contributed by atoms with Crippen LogP contribution in [0.2, 0.25) is 0 Å². The molecular weight excluding hydrogens is 232 g/mol. The van der Waals surface area contributed by atoms with Crippen LogP contribution in [0.1, 0.15) is 47.7 Å². The second kappa shape index (κ2) is 5.03. The lowest BCUT2D eigenvalue weighted by Gasteiger charge is -2.08. The molecule has 2 aromatic heterocycles. The fourth-order valence-electron chi connectivity index (χ4n) is 1.56. The SMILES string of the molecule is CCc1cc(C(=O)N[C@@H](C)c2ncc(C)o2)n[nH]1. The van der Waals surface area contributed by atoms with Gasteiger partial charge in [0.2, 0.25) is 5.89 Å². The Morgan fingerprint density at radius 3 is 2.94 bits per heavy atom. The number of aryl methyl sites for hydroxylation is 2. The zero-order valence-electron chi connectivity index (χ0n) is 10.7. The first-order valence-corrected chi connectivity index (χ1v) is 5.87. The molecule has 0 aromatic carbocycles. The Kier molecular flexibility index (Phi) is 3.45. The molecule has 18 heavy (non-hydrogen) atoms. The highest BCUT2D eigenvalue weighted by molar-refractivity contribution is 5.92. The lowest BCUT2D eigenvalue weighted by molar-refractivity contribution is 0.0929. The maximum absolute atomic E-state index is 11.9. The van der Waals surface area contributed by atoms with Crippen molar-refractivity contribution in [1.82, 2.24) is 20.5 Å². The Bertz CT molecular complexity index is 544. The second-order valence-electron chi connectivity index (χ2n) is 4.14. The Morgan fingerprint density at radius 2 is 2.39 bits per heavy atom. The van der Waals surface area contributed by atoms with Crippen LogP contribution in [0.3, 0.4) is 0 Å². The Labute approximate surface area is 105 Å². The van der Waals surface area contributed by atoms with Crippen molar-refractivity contribution in [2.45, 2.75) is 33.2 Å². The van der Waals surface area contributed by atoms with E-state index >= 15 is 0 Å². The number of rotatable bonds is 4. The first kappa shape index (κ1) is 12.3. The van der Waals surface area contributed by atoms with Crippen molar-refractivity contribution >= 4 is 5.91 Å². The molecule has 1 amide bonds. The van der Waals surface area contributed by atoms with Crippen LogP contribution in [-0.2, 0) is 6.42 Å². The number of aromatic amines is 1. The lowest BCUT2D eigenvalue weighted by atomic mass is 10.2. The molecule has 1 atom stereocenters. The van der Waals surface area contributed by atoms with Crippen LogP contribution in [0.5, 0.6) is 0 Å². The third kappa shape index (κ3) is 2.58. The van der Waals surface area contributed by atoms with Crippen molar-refractivity contribution < 1.29 is 9.21 Å². The molecule has 0 saturated carbocycles. The van der Waals surface area contributed by atoms with E-state index in [1.807, 2.05) is 20.8 Å². The molecule has 0 fully saturated rings. The fraction of sp³-hybridized carbons (Fsp3) is 0.417. The van der Waals surface area contributed by atoms with Crippen LogP contribution in [0.15, 0.2) is 16.7 Å². The molecule has 0 aliphatic carbocycles. The molecule has 0 aliphatic heterocycles. The van der Waals surface area contributed by atoms with Crippen molar-refractivity contribution in [2.75, 3.05) is 0 Å². The van der Waals surface area contributed by atoms with Crippen molar-refractivity contribution in [3.63, 3.8) is 0 Å². The molecule has 6 heteroatoms. The van der Waals surface area contributed by atoms with Gasteiger partial charge in [0.25, 0.3) is 5.91 Å². The summed E-state index contributed by atoms with van der Waals surface area (Å²) in [6.45, 7) is 5.62. The Hall–Kier alpha value is -2.11. The molecule has 2 rings (SSSR count). The van der Waals surface area contributed by atoms with Gasteiger partial charge in [-0.2, -0.15) is 5.10 Å². The number of nitrogens with one attached hydrogen (secondary N) is 2. The molecule has 2 N–H and O–H groups in total. The van der Waals surface area contributed by atoms with E-state index < -0.39 is 0 Å². The van der Waals surface area contributed by atoms with E-state index in [2.05, 4.69) is 20.5 Å². The molecule has 6 nitrogen and oxygen atoms in total. The summed E-state index contributed by atoms with van der Waals surface area (Å²) in [6.07, 6.45) is 2.44. The average Bonchev–Trinajstić information content (AvgIpc) is 2.97. The van der Waals surface area contributed by atoms with Gasteiger partial charge in [0.15, 0.2) is 0 Å². The number of hydrogen-bond acceptors (Lipinski definition) is 4. The van der Waals surface area contributed by atoms with E-state index in [-0.39, 0.29) is 11.9 Å². The van der Waals surface area contributed by atoms with Gasteiger partial charge in [-0.25, -0.2) is 4.98 Å². The quantitative estimate of drug-likeness (QED) is 0.863. The van der Waals surface area contributed by atoms with Crippen LogP contribution in [0.4, 0.5) is 0 Å². The highest BCUT2D eigenvalue weighted by Crippen LogP contribution is 2.12. The highest BCUT2D eigenvalue weighted by atomic mass is 16.4. The van der Waals surface area contributed by atoms with E-state index in [1.54, 1.807) is 12.3 Å². The molecule has 0 bridgehead atoms. The van der Waals surface area contributed by atoms with E-state index in [9.17, 15) is 4.79 Å². The topological polar surface area (TPSA) is 83.8 Å². The number of H-pyrrole nitrogens is 1. The summed E-state index contributed by atoms with van der Waals surface area (Å²) < 4.78 is 5.35. The summed E-state index contributed by atoms with van der Waals surface area (Å²) in [5.74, 6) is 0.973. The second-order valence-corrected chi connectivity index (χ2v) is 4.14. The van der Waals surface area contributed by atoms with Crippen LogP contribution in [-0.4, -0.2) is 21.1 Å². The third-order valence-corrected chi connectivity index (χ3v) is 2.60. The van der Waals surface area contributed by atoms with Gasteiger partial charge in [0.05, 0.1) is 6.20 Å². The minimum Gasteiger partial charge on any atom is -0.444 e. The normalized spacial score (nSPS) is 12.4. The maximum Gasteiger partial charge on any atom is 0.272 e. The molecule has 0 unspecified atom stereocenters. The van der Waals surface area contributed by atoms with Crippen LogP contribution in [0, 0.1) is 6.92 Å². The third-order valence-electron chi connectivity index (χ3n) is 2.60. The van der Waals surface area contributed by atoms with Gasteiger partial charge < -0.3 is 9.73 Å². The largest absolute Gasteiger partial charge is 0.444 e. The zero-order valence-corrected chi connectivity index (χ0v) is 10.7. The molecule has 0 radical (unpaired) electrons. The molecule has 2 aromatic rings. The monoisotopic (exact) mass is 248 g/mol. The van der Waals surface area contributed by atoms with Gasteiger partial charge in [0.1, 0.15) is 17.5 Å². The molecule has 0 spiro atoms. The Morgan fingerprint density at radius 1 is 1.61 bits per heavy atom. The first-order chi connectivity index (χ1) is 8.60. The smallest absolute Gasteiger partial charge is 0.272 e. The van der Waals surface area contributed by atoms with Crippen LogP contribution >= 0.6 is 0 Å². The predicted molar refractivity (Wildman–Crippen MR) is 65.1 cm³/mol. The summed E-state index contributed by atoms with van der Waals surface area (Å²) >= 11 is 0. The van der Waals surface area contributed by atoms with Gasteiger partial charge in [-0.05, 0) is 26.3 Å².